The van der Waals surface area contributed by atoms with Gasteiger partial charge in [-0.15, -0.1) is 0 Å². The van der Waals surface area contributed by atoms with Crippen LogP contribution < -0.4 is 5.32 Å². The summed E-state index contributed by atoms with van der Waals surface area (Å²) in [7, 11) is 0. The second-order valence-electron chi connectivity index (χ2n) is 6.25. The van der Waals surface area contributed by atoms with E-state index in [0.29, 0.717) is 5.76 Å². The Labute approximate surface area is 158 Å². The third-order valence-corrected chi connectivity index (χ3v) is 4.78. The van der Waals surface area contributed by atoms with Crippen molar-refractivity contribution in [3.8, 4) is 0 Å². The number of rotatable bonds is 6. The van der Waals surface area contributed by atoms with Crippen molar-refractivity contribution in [2.24, 2.45) is 0 Å². The lowest BCUT2D eigenvalue weighted by Gasteiger charge is -2.21. The predicted octanol–water partition coefficient (Wildman–Crippen LogP) is 4.67. The molecule has 0 spiro atoms. The van der Waals surface area contributed by atoms with E-state index in [1.54, 1.807) is 30.2 Å². The van der Waals surface area contributed by atoms with Crippen LogP contribution in [0.5, 0.6) is 0 Å². The number of carbonyl (C=O) groups is 1. The van der Waals surface area contributed by atoms with Crippen LogP contribution in [0.2, 0.25) is 0 Å². The average Bonchev–Trinajstić information content (AvgIpc) is 3.12. The van der Waals surface area contributed by atoms with Crippen LogP contribution in [0.4, 0.5) is 0 Å². The van der Waals surface area contributed by atoms with Crippen molar-refractivity contribution in [1.82, 2.24) is 10.3 Å². The molecule has 0 radical (unpaired) electrons. The smallest absolute Gasteiger partial charge is 0.287 e. The lowest BCUT2D eigenvalue weighted by atomic mass is 9.94. The molecule has 3 rings (SSSR count). The highest BCUT2D eigenvalue weighted by Gasteiger charge is 2.21. The molecular weight excluding hydrogens is 344 g/mol. The summed E-state index contributed by atoms with van der Waals surface area (Å²) in [6, 6.07) is 13.4. The third-order valence-electron chi connectivity index (χ3n) is 4.21. The van der Waals surface area contributed by atoms with E-state index in [1.165, 1.54) is 0 Å². The van der Waals surface area contributed by atoms with Gasteiger partial charge >= 0.3 is 0 Å². The summed E-state index contributed by atoms with van der Waals surface area (Å²) in [5.74, 6) is 1.64. The van der Waals surface area contributed by atoms with Gasteiger partial charge in [0, 0.05) is 12.4 Å². The Morgan fingerprint density at radius 2 is 2.08 bits per heavy atom. The second-order valence-corrected chi connectivity index (χ2v) is 7.12. The largest absolute Gasteiger partial charge is 0.455 e. The first-order valence-electron chi connectivity index (χ1n) is 8.44. The number of hydrogen-bond acceptors (Lipinski definition) is 4. The van der Waals surface area contributed by atoms with Crippen molar-refractivity contribution in [3.05, 3.63) is 88.6 Å². The minimum atomic E-state index is -0.287. The molecule has 134 valence electrons. The van der Waals surface area contributed by atoms with Gasteiger partial charge in [-0.3, -0.25) is 9.78 Å². The number of pyridine rings is 1. The summed E-state index contributed by atoms with van der Waals surface area (Å²) in [6.45, 7) is 4.10. The first-order valence-corrected chi connectivity index (χ1v) is 9.83. The summed E-state index contributed by atoms with van der Waals surface area (Å²) < 4.78 is 5.66. The van der Waals surface area contributed by atoms with E-state index in [4.69, 9.17) is 4.42 Å². The minimum absolute atomic E-state index is 0.230. The molecular formula is C21H22N2O2S. The summed E-state index contributed by atoms with van der Waals surface area (Å²) in [5.41, 5.74) is 4.26. The van der Waals surface area contributed by atoms with Gasteiger partial charge in [-0.05, 0) is 55.0 Å². The summed E-state index contributed by atoms with van der Waals surface area (Å²) >= 11 is 1.66. The van der Waals surface area contributed by atoms with Gasteiger partial charge in [0.25, 0.3) is 5.91 Å². The van der Waals surface area contributed by atoms with Crippen molar-refractivity contribution >= 4 is 17.7 Å². The van der Waals surface area contributed by atoms with Gasteiger partial charge in [0.05, 0.1) is 11.8 Å². The van der Waals surface area contributed by atoms with Crippen LogP contribution in [-0.2, 0) is 5.75 Å². The fourth-order valence-electron chi connectivity index (χ4n) is 2.88. The maximum absolute atomic E-state index is 12.8. The molecule has 0 unspecified atom stereocenters. The number of hydrogen-bond donors (Lipinski definition) is 1. The van der Waals surface area contributed by atoms with Gasteiger partial charge < -0.3 is 9.73 Å². The summed E-state index contributed by atoms with van der Waals surface area (Å²) in [6.07, 6.45) is 5.52. The molecule has 1 N–H and O–H groups in total. The molecule has 3 aromatic rings. The molecule has 0 fully saturated rings. The van der Waals surface area contributed by atoms with Crippen LogP contribution in [-0.4, -0.2) is 17.1 Å². The number of amides is 1. The summed E-state index contributed by atoms with van der Waals surface area (Å²) in [4.78, 5) is 17.0. The Balaban J connectivity index is 1.93. The van der Waals surface area contributed by atoms with Gasteiger partial charge in [0.15, 0.2) is 5.76 Å². The van der Waals surface area contributed by atoms with Crippen LogP contribution in [0.25, 0.3) is 0 Å². The zero-order valence-electron chi connectivity index (χ0n) is 15.2. The van der Waals surface area contributed by atoms with Gasteiger partial charge in [0.1, 0.15) is 5.76 Å². The van der Waals surface area contributed by atoms with E-state index in [2.05, 4.69) is 28.5 Å². The predicted molar refractivity (Wildman–Crippen MR) is 105 cm³/mol. The molecule has 1 aromatic carbocycles. The number of aromatic nitrogens is 1. The molecule has 4 nitrogen and oxygen atoms in total. The van der Waals surface area contributed by atoms with Gasteiger partial charge in [-0.1, -0.05) is 29.8 Å². The number of nitrogens with zero attached hydrogens (tertiary/aromatic N) is 1. The molecule has 1 atom stereocenters. The number of thioether (sulfide) groups is 1. The van der Waals surface area contributed by atoms with Crippen LogP contribution >= 0.6 is 11.8 Å². The molecule has 26 heavy (non-hydrogen) atoms. The van der Waals surface area contributed by atoms with Crippen molar-refractivity contribution in [2.45, 2.75) is 25.6 Å². The lowest BCUT2D eigenvalue weighted by Crippen LogP contribution is -2.29. The van der Waals surface area contributed by atoms with Gasteiger partial charge in [-0.2, -0.15) is 11.8 Å². The number of carbonyl (C=O) groups excluding carboxylic acids is 1. The number of aryl methyl sites for hydroxylation is 2. The third kappa shape index (κ3) is 4.17. The van der Waals surface area contributed by atoms with Gasteiger partial charge in [0.2, 0.25) is 0 Å². The van der Waals surface area contributed by atoms with Crippen LogP contribution in [0.15, 0.2) is 59.3 Å². The van der Waals surface area contributed by atoms with Crippen molar-refractivity contribution < 1.29 is 9.21 Å². The fourth-order valence-corrected chi connectivity index (χ4v) is 3.32. The van der Waals surface area contributed by atoms with Gasteiger partial charge in [-0.25, -0.2) is 0 Å². The molecule has 2 heterocycles. The maximum atomic E-state index is 12.8. The molecule has 0 aliphatic rings. The highest BCUT2D eigenvalue weighted by Crippen LogP contribution is 2.26. The van der Waals surface area contributed by atoms with E-state index >= 15 is 0 Å². The second kappa shape index (κ2) is 8.23. The van der Waals surface area contributed by atoms with E-state index < -0.39 is 0 Å². The molecule has 1 amide bonds. The quantitative estimate of drug-likeness (QED) is 0.688. The van der Waals surface area contributed by atoms with E-state index in [-0.39, 0.29) is 11.9 Å². The zero-order valence-corrected chi connectivity index (χ0v) is 16.0. The highest BCUT2D eigenvalue weighted by molar-refractivity contribution is 7.97. The van der Waals surface area contributed by atoms with E-state index in [9.17, 15) is 4.79 Å². The fraction of sp³-hybridized carbons (Fsp3) is 0.238. The molecule has 2 aromatic heterocycles. The minimum Gasteiger partial charge on any atom is -0.455 e. The monoisotopic (exact) mass is 366 g/mol. The first-order chi connectivity index (χ1) is 12.6. The highest BCUT2D eigenvalue weighted by atomic mass is 32.2. The molecule has 0 saturated carbocycles. The number of nitrogens with one attached hydrogen (secondary N) is 1. The number of benzene rings is 1. The van der Waals surface area contributed by atoms with Crippen molar-refractivity contribution in [3.63, 3.8) is 0 Å². The van der Waals surface area contributed by atoms with Crippen molar-refractivity contribution in [1.29, 1.82) is 0 Å². The van der Waals surface area contributed by atoms with E-state index in [0.717, 1.165) is 33.8 Å². The first kappa shape index (κ1) is 18.3. The average molecular weight is 366 g/mol. The Morgan fingerprint density at radius 1 is 1.23 bits per heavy atom. The lowest BCUT2D eigenvalue weighted by molar-refractivity contribution is 0.0913. The molecule has 0 aliphatic carbocycles. The normalized spacial score (nSPS) is 12.0. The molecule has 0 aliphatic heterocycles. The van der Waals surface area contributed by atoms with Crippen LogP contribution in [0.3, 0.4) is 0 Å². The molecule has 0 bridgehead atoms. The van der Waals surface area contributed by atoms with Crippen LogP contribution in [0.1, 0.15) is 44.6 Å². The maximum Gasteiger partial charge on any atom is 0.287 e. The summed E-state index contributed by atoms with van der Waals surface area (Å²) in [5, 5.41) is 3.11. The van der Waals surface area contributed by atoms with E-state index in [1.807, 2.05) is 38.3 Å². The number of furan rings is 1. The topological polar surface area (TPSA) is 55.1 Å². The Hall–Kier alpha value is -2.53. The van der Waals surface area contributed by atoms with Crippen LogP contribution in [0, 0.1) is 13.8 Å². The Morgan fingerprint density at radius 3 is 2.81 bits per heavy atom. The standard InChI is InChI=1S/C21H22N2O2S/c1-14-6-7-15(2)18(11-14)20(16-5-4-10-22-12-16)23-21(24)19-9-8-17(25-19)13-26-3/h4-12,20H,13H2,1-3H3,(H,23,24)/t20-/m1/s1. The van der Waals surface area contributed by atoms with Crippen molar-refractivity contribution in [2.75, 3.05) is 6.26 Å². The Bertz CT molecular complexity index is 890. The molecule has 0 saturated heterocycles. The molecule has 5 heteroatoms. The SMILES string of the molecule is CSCc1ccc(C(=O)N[C@H](c2cccnc2)c2cc(C)ccc2C)o1. The zero-order chi connectivity index (χ0) is 18.5. The Kier molecular flexibility index (Phi) is 5.78.